The van der Waals surface area contributed by atoms with Crippen LogP contribution in [0.3, 0.4) is 0 Å². The first-order chi connectivity index (χ1) is 41.5. The number of unbranched alkanes of at least 4 members (excludes halogenated alkanes) is 4. The van der Waals surface area contributed by atoms with Crippen LogP contribution in [0.25, 0.3) is 0 Å². The van der Waals surface area contributed by atoms with Crippen LogP contribution < -0.4 is 10.6 Å². The van der Waals surface area contributed by atoms with Gasteiger partial charge in [0.1, 0.15) is 42.0 Å². The van der Waals surface area contributed by atoms with Crippen molar-refractivity contribution in [1.82, 2.24) is 20.4 Å². The van der Waals surface area contributed by atoms with Gasteiger partial charge in [0.15, 0.2) is 0 Å². The molecule has 2 aromatic carbocycles. The summed E-state index contributed by atoms with van der Waals surface area (Å²) in [7, 11) is -5.81. The second kappa shape index (κ2) is 36.3. The van der Waals surface area contributed by atoms with E-state index in [1.807, 2.05) is 26.0 Å². The highest BCUT2D eigenvalue weighted by molar-refractivity contribution is 9.10. The summed E-state index contributed by atoms with van der Waals surface area (Å²) in [6, 6.07) is 8.01. The average Bonchev–Trinajstić information content (AvgIpc) is 3.92. The van der Waals surface area contributed by atoms with Crippen LogP contribution in [0.4, 0.5) is 14.4 Å². The number of alkyl carbamates (subject to hydrolysis) is 2. The van der Waals surface area contributed by atoms with E-state index in [-0.39, 0.29) is 59.8 Å². The molecule has 4 amide bonds. The Kier molecular flexibility index (Phi) is 30.9. The van der Waals surface area contributed by atoms with Crippen molar-refractivity contribution in [1.29, 1.82) is 0 Å². The summed E-state index contributed by atoms with van der Waals surface area (Å²) in [6.07, 6.45) is 13.7. The molecule has 2 saturated carbocycles. The Labute approximate surface area is 535 Å². The van der Waals surface area contributed by atoms with Gasteiger partial charge in [-0.3, -0.25) is 18.1 Å². The van der Waals surface area contributed by atoms with E-state index < -0.39 is 104 Å². The summed E-state index contributed by atoms with van der Waals surface area (Å²) in [5, 5.41) is 14.5. The Morgan fingerprint density at radius 2 is 0.989 bits per heavy atom. The van der Waals surface area contributed by atoms with Crippen molar-refractivity contribution in [2.75, 3.05) is 27.3 Å². The molecule has 23 nitrogen and oxygen atoms in total. The third kappa shape index (κ3) is 24.6. The van der Waals surface area contributed by atoms with E-state index in [9.17, 15) is 55.5 Å². The predicted molar refractivity (Wildman–Crippen MR) is 333 cm³/mol. The van der Waals surface area contributed by atoms with Crippen LogP contribution in [0.2, 0.25) is 0 Å². The lowest BCUT2D eigenvalue weighted by Gasteiger charge is -2.31. The molecule has 2 heterocycles. The quantitative estimate of drug-likeness (QED) is 0.0259. The largest absolute Gasteiger partial charge is 0.480 e. The van der Waals surface area contributed by atoms with Gasteiger partial charge in [0.2, 0.25) is 5.91 Å². The number of hydrogen-bond acceptors (Lipinski definition) is 18. The second-order valence-electron chi connectivity index (χ2n) is 23.2. The number of aliphatic carboxylic acids is 1. The predicted octanol–water partition coefficient (Wildman–Crippen LogP) is 10.9. The number of halogens is 2. The lowest BCUT2D eigenvalue weighted by atomic mass is 9.94. The van der Waals surface area contributed by atoms with Gasteiger partial charge < -0.3 is 44.3 Å². The molecular formula is C61H88Br2N4O19S2. The molecule has 6 rings (SSSR count). The Morgan fingerprint density at radius 1 is 0.614 bits per heavy atom. The van der Waals surface area contributed by atoms with Crippen LogP contribution in [-0.4, -0.2) is 155 Å². The van der Waals surface area contributed by atoms with Crippen molar-refractivity contribution >= 4 is 94.2 Å². The minimum Gasteiger partial charge on any atom is -0.480 e. The molecule has 492 valence electrons. The number of rotatable bonds is 26. The van der Waals surface area contributed by atoms with Gasteiger partial charge in [0, 0.05) is 28.3 Å². The fourth-order valence-electron chi connectivity index (χ4n) is 10.4. The third-order valence-corrected chi connectivity index (χ3v) is 18.9. The molecule has 88 heavy (non-hydrogen) atoms. The summed E-state index contributed by atoms with van der Waals surface area (Å²) in [5.74, 6) is -3.27. The highest BCUT2D eigenvalue weighted by Crippen LogP contribution is 2.31. The topological polar surface area (TPSA) is 303 Å². The number of carbonyl (C=O) groups is 7. The zero-order valence-corrected chi connectivity index (χ0v) is 56.2. The molecule has 2 aliphatic heterocycles. The zero-order chi connectivity index (χ0) is 65.4. The van der Waals surface area contributed by atoms with Crippen molar-refractivity contribution < 1.29 is 87.6 Å². The summed E-state index contributed by atoms with van der Waals surface area (Å²) in [5.41, 5.74) is -0.764. The molecule has 3 N–H and O–H groups in total. The molecular weight excluding hydrogens is 1320 g/mol. The van der Waals surface area contributed by atoms with Crippen LogP contribution in [0.1, 0.15) is 150 Å². The zero-order valence-electron chi connectivity index (χ0n) is 51.4. The van der Waals surface area contributed by atoms with Gasteiger partial charge in [-0.25, -0.2) is 28.8 Å². The fraction of sp³-hybridized carbons (Fsp3) is 0.623. The van der Waals surface area contributed by atoms with Crippen LogP contribution in [0, 0.1) is 11.8 Å². The molecule has 0 aromatic heterocycles. The van der Waals surface area contributed by atoms with Gasteiger partial charge in [-0.15, -0.1) is 13.2 Å². The van der Waals surface area contributed by atoms with E-state index in [1.165, 1.54) is 43.4 Å². The molecule has 2 aromatic rings. The second-order valence-corrected chi connectivity index (χ2v) is 28.2. The lowest BCUT2D eigenvalue weighted by Crippen LogP contribution is -2.54. The summed E-state index contributed by atoms with van der Waals surface area (Å²) in [4.78, 5) is 89.3. The molecule has 27 heteroatoms. The van der Waals surface area contributed by atoms with Crippen molar-refractivity contribution in [2.45, 2.75) is 214 Å². The lowest BCUT2D eigenvalue weighted by molar-refractivity contribution is -0.152. The third-order valence-electron chi connectivity index (χ3n) is 15.1. The Morgan fingerprint density at radius 3 is 1.36 bits per heavy atom. The molecule has 0 bridgehead atoms. The number of amides is 4. The van der Waals surface area contributed by atoms with Gasteiger partial charge >= 0.3 is 36.2 Å². The summed E-state index contributed by atoms with van der Waals surface area (Å²) < 4.78 is 88.7. The maximum absolute atomic E-state index is 13.9. The van der Waals surface area contributed by atoms with Crippen LogP contribution in [-0.2, 0) is 71.5 Å². The smallest absolute Gasteiger partial charge is 0.411 e. The Bertz CT molecular complexity index is 2860. The van der Waals surface area contributed by atoms with Gasteiger partial charge in [-0.05, 0) is 171 Å². The van der Waals surface area contributed by atoms with E-state index in [0.717, 1.165) is 106 Å². The van der Waals surface area contributed by atoms with Crippen LogP contribution in [0.15, 0.2) is 92.6 Å². The van der Waals surface area contributed by atoms with E-state index in [1.54, 1.807) is 45.0 Å². The molecule has 2 saturated heterocycles. The van der Waals surface area contributed by atoms with Gasteiger partial charge in [0.25, 0.3) is 20.2 Å². The number of ether oxygens (including phenoxy) is 5. The number of benzene rings is 2. The normalized spacial score (nSPS) is 20.1. The molecule has 4 aliphatic rings. The molecule has 0 spiro atoms. The standard InChI is InChI=1S/C28H39BrN2O8S.C17H22BrNO7S.C16H27NO4/c1-4-5-6-7-10-19(2)25(30-28(34)38-21-11-8-9-12-21)26(32)31-18-22(17-24(31)27(33)37-3)39-40(35,36)23-15-13-20(29)14-16-23;1-17(2,3)25-16(21)19-10-12(9-14(19)15(20)24-4)26-27(22,23)13-7-5-11(18)6-8-13;1-3-4-5-6-9-12(2)14(15(18)19)17-16(20)21-13-10-7-8-11-13/h4,13-16,19,21-22,24-25H,1,5-12,17-18H2,2-3H3,(H,30,34);5-8,12,14H,9-10H2,1-4H3;3,12-14H,1,4-11H2,2H3,(H,17,20)(H,18,19)/t19-,22+,24+,25+;12-,14-;12-,14+/m101/s1. The van der Waals surface area contributed by atoms with Crippen molar-refractivity contribution in [3.8, 4) is 0 Å². The minimum absolute atomic E-state index is 0.0122. The van der Waals surface area contributed by atoms with Gasteiger partial charge in [0.05, 0.1) is 42.8 Å². The summed E-state index contributed by atoms with van der Waals surface area (Å²) >= 11 is 6.51. The average molecular weight is 1410 g/mol. The van der Waals surface area contributed by atoms with E-state index in [0.29, 0.717) is 10.9 Å². The number of esters is 2. The summed E-state index contributed by atoms with van der Waals surface area (Å²) in [6.45, 7) is 15.9. The number of carboxylic acids is 1. The number of methoxy groups -OCH3 is 2. The van der Waals surface area contributed by atoms with Crippen LogP contribution >= 0.6 is 31.9 Å². The molecule has 0 unspecified atom stereocenters. The van der Waals surface area contributed by atoms with Gasteiger partial charge in [-0.2, -0.15) is 16.8 Å². The number of carbonyl (C=O) groups excluding carboxylic acids is 6. The van der Waals surface area contributed by atoms with Crippen molar-refractivity contribution in [3.63, 3.8) is 0 Å². The number of allylic oxidation sites excluding steroid dienone is 2. The first-order valence-corrected chi connectivity index (χ1v) is 34.1. The molecule has 2 aliphatic carbocycles. The van der Waals surface area contributed by atoms with E-state index >= 15 is 0 Å². The number of likely N-dealkylation sites (tertiary alicyclic amines) is 2. The van der Waals surface area contributed by atoms with Crippen LogP contribution in [0.5, 0.6) is 0 Å². The monoisotopic (exact) mass is 1400 g/mol. The van der Waals surface area contributed by atoms with E-state index in [2.05, 4.69) is 55.7 Å². The maximum Gasteiger partial charge on any atom is 0.411 e. The molecule has 4 fully saturated rings. The van der Waals surface area contributed by atoms with Gasteiger partial charge in [-0.1, -0.05) is 70.7 Å². The molecule has 8 atom stereocenters. The Balaban J connectivity index is 0.000000300. The first-order valence-electron chi connectivity index (χ1n) is 29.7. The SMILES string of the molecule is C=CCCCC[C@@H](C)[C@H](NC(=O)OC1CCCC1)C(=O)N1C[C@@H](OS(=O)(=O)c2ccc(Br)cc2)C[C@H]1C(=O)OC.C=CCCCC[C@@H](C)[C@H](NC(=O)OC1CCCC1)C(=O)O.COC(=O)[C@@H]1C[C@H](OS(=O)(=O)c2ccc(Br)cc2)CN1C(=O)OC(C)(C)C. The highest BCUT2D eigenvalue weighted by atomic mass is 79.9. The Hall–Kier alpha value is -5.61. The first kappa shape index (κ1) is 74.9. The minimum atomic E-state index is -4.16. The number of nitrogens with zero attached hydrogens (tertiary/aromatic N) is 2. The van der Waals surface area contributed by atoms with Crippen molar-refractivity contribution in [2.24, 2.45) is 11.8 Å². The maximum atomic E-state index is 13.9. The van der Waals surface area contributed by atoms with Crippen molar-refractivity contribution in [3.05, 3.63) is 82.8 Å². The number of hydrogen-bond donors (Lipinski definition) is 3. The fourth-order valence-corrected chi connectivity index (χ4v) is 13.1. The van der Waals surface area contributed by atoms with E-state index in [4.69, 9.17) is 32.1 Å². The highest BCUT2D eigenvalue weighted by Gasteiger charge is 2.47. The number of nitrogens with one attached hydrogen (secondary N) is 2. The number of carboxylic acid groups (broad SMARTS) is 1. The molecule has 0 radical (unpaired) electrons.